The lowest BCUT2D eigenvalue weighted by Crippen LogP contribution is -2.34. The summed E-state index contributed by atoms with van der Waals surface area (Å²) >= 11 is 1.66. The molecule has 0 aromatic carbocycles. The molecule has 0 aliphatic carbocycles. The predicted molar refractivity (Wildman–Crippen MR) is 41.0 cm³/mol. The van der Waals surface area contributed by atoms with Gasteiger partial charge in [0, 0.05) is 5.75 Å². The topological polar surface area (TPSA) is 32.6 Å². The summed E-state index contributed by atoms with van der Waals surface area (Å²) in [5.41, 5.74) is 1.17. The van der Waals surface area contributed by atoms with Crippen molar-refractivity contribution in [2.45, 2.75) is 25.5 Å². The van der Waals surface area contributed by atoms with Crippen molar-refractivity contribution < 1.29 is 5.11 Å². The van der Waals surface area contributed by atoms with Crippen LogP contribution in [0.2, 0.25) is 0 Å². The van der Waals surface area contributed by atoms with E-state index in [-0.39, 0.29) is 6.04 Å². The van der Waals surface area contributed by atoms with E-state index in [1.165, 1.54) is 0 Å². The van der Waals surface area contributed by atoms with Crippen LogP contribution in [-0.2, 0) is 0 Å². The zero-order chi connectivity index (χ0) is 6.91. The first kappa shape index (κ1) is 7.09. The zero-order valence-electron chi connectivity index (χ0n) is 5.66. The summed E-state index contributed by atoms with van der Waals surface area (Å²) in [7, 11) is 0. The highest BCUT2D eigenvalue weighted by molar-refractivity contribution is 8.12. The lowest BCUT2D eigenvalue weighted by molar-refractivity contribution is 0.0615. The maximum atomic E-state index is 9.39. The van der Waals surface area contributed by atoms with E-state index < -0.39 is 5.60 Å². The molecule has 0 aromatic rings. The second-order valence-corrected chi connectivity index (χ2v) is 3.63. The highest BCUT2D eigenvalue weighted by Gasteiger charge is 2.27. The normalized spacial score (nSPS) is 27.2. The number of aliphatic imine (C=N–C) groups is 1. The summed E-state index contributed by atoms with van der Waals surface area (Å²) in [5.74, 6) is 0.920. The smallest absolute Gasteiger partial charge is 0.0881 e. The minimum atomic E-state index is -0.639. The van der Waals surface area contributed by atoms with E-state index >= 15 is 0 Å². The molecule has 1 aliphatic heterocycles. The monoisotopic (exact) mass is 145 g/mol. The third-order valence-corrected chi connectivity index (χ3v) is 2.16. The maximum absolute atomic E-state index is 9.39. The molecule has 1 rings (SSSR count). The van der Waals surface area contributed by atoms with Gasteiger partial charge in [0.2, 0.25) is 0 Å². The Labute approximate surface area is 59.4 Å². The van der Waals surface area contributed by atoms with E-state index in [1.807, 2.05) is 5.55 Å². The van der Waals surface area contributed by atoms with Gasteiger partial charge < -0.3 is 5.11 Å². The highest BCUT2D eigenvalue weighted by Crippen LogP contribution is 2.21. The van der Waals surface area contributed by atoms with Crippen LogP contribution in [-0.4, -0.2) is 28.0 Å². The van der Waals surface area contributed by atoms with Crippen LogP contribution in [0.15, 0.2) is 4.99 Å². The number of hydrogen-bond donors (Lipinski definition) is 1. The minimum Gasteiger partial charge on any atom is -0.388 e. The van der Waals surface area contributed by atoms with Gasteiger partial charge in [-0.15, -0.1) is 11.8 Å². The van der Waals surface area contributed by atoms with Gasteiger partial charge >= 0.3 is 0 Å². The molecule has 2 nitrogen and oxygen atoms in total. The molecule has 3 heteroatoms. The van der Waals surface area contributed by atoms with E-state index in [1.54, 1.807) is 25.6 Å². The van der Waals surface area contributed by atoms with Crippen molar-refractivity contribution >= 4 is 17.3 Å². The highest BCUT2D eigenvalue weighted by atomic mass is 32.2. The fourth-order valence-corrected chi connectivity index (χ4v) is 1.68. The lowest BCUT2D eigenvalue weighted by atomic mass is 10.0. The first-order chi connectivity index (χ1) is 4.11. The van der Waals surface area contributed by atoms with Crippen LogP contribution >= 0.6 is 11.8 Å². The molecule has 0 amide bonds. The molecule has 0 radical (unpaired) electrons. The Balaban J connectivity index is 2.53. The molecule has 9 heavy (non-hydrogen) atoms. The molecule has 0 fully saturated rings. The number of nitrogens with zero attached hydrogens (tertiary/aromatic N) is 1. The van der Waals surface area contributed by atoms with Gasteiger partial charge in [0.15, 0.2) is 0 Å². The van der Waals surface area contributed by atoms with Gasteiger partial charge in [0.05, 0.1) is 17.2 Å². The molecule has 1 atom stereocenters. The van der Waals surface area contributed by atoms with Crippen molar-refractivity contribution in [2.75, 3.05) is 5.75 Å². The van der Waals surface area contributed by atoms with E-state index in [0.29, 0.717) is 0 Å². The summed E-state index contributed by atoms with van der Waals surface area (Å²) in [4.78, 5) is 4.09. The summed E-state index contributed by atoms with van der Waals surface area (Å²) in [6.45, 7) is 3.59. The average molecular weight is 145 g/mol. The van der Waals surface area contributed by atoms with E-state index in [2.05, 4.69) is 4.99 Å². The van der Waals surface area contributed by atoms with Gasteiger partial charge in [-0.3, -0.25) is 4.99 Å². The van der Waals surface area contributed by atoms with Gasteiger partial charge in [0.25, 0.3) is 0 Å². The summed E-state index contributed by atoms with van der Waals surface area (Å²) < 4.78 is 0. The number of thioether (sulfide) groups is 1. The molecule has 1 aliphatic rings. The third kappa shape index (κ3) is 1.69. The van der Waals surface area contributed by atoms with Crippen molar-refractivity contribution in [3.05, 3.63) is 0 Å². The predicted octanol–water partition coefficient (Wildman–Crippen LogP) is 0.901. The van der Waals surface area contributed by atoms with Gasteiger partial charge in [-0.25, -0.2) is 0 Å². The molecule has 0 spiro atoms. The van der Waals surface area contributed by atoms with Crippen LogP contribution in [0.25, 0.3) is 0 Å². The Bertz CT molecular complexity index is 128. The Kier molecular flexibility index (Phi) is 1.82. The molecule has 52 valence electrons. The summed E-state index contributed by atoms with van der Waals surface area (Å²) in [5, 5.41) is 9.39. The third-order valence-electron chi connectivity index (χ3n) is 1.38. The van der Waals surface area contributed by atoms with Crippen LogP contribution in [0.5, 0.6) is 0 Å². The molecule has 0 saturated heterocycles. The zero-order valence-corrected chi connectivity index (χ0v) is 6.48. The minimum absolute atomic E-state index is 0.0995. The largest absolute Gasteiger partial charge is 0.388 e. The molecule has 0 aromatic heterocycles. The van der Waals surface area contributed by atoms with Crippen molar-refractivity contribution in [3.8, 4) is 0 Å². The summed E-state index contributed by atoms with van der Waals surface area (Å²) in [6.07, 6.45) is 0. The fourth-order valence-electron chi connectivity index (χ4n) is 0.680. The van der Waals surface area contributed by atoms with Gasteiger partial charge in [-0.05, 0) is 13.8 Å². The molecule has 0 bridgehead atoms. The Hall–Kier alpha value is -0.0200. The quantitative estimate of drug-likeness (QED) is 0.594. The standard InChI is InChI=1S/C6H11NOS/c1-6(2,8)5-3-9-4-7-5/h4-5,8H,3H2,1-2H3. The molecule has 1 heterocycles. The second-order valence-electron chi connectivity index (χ2n) is 2.76. The Morgan fingerprint density at radius 3 is 2.67 bits per heavy atom. The molecule has 1 N–H and O–H groups in total. The SMILES string of the molecule is CC(C)(O)C1CSC=N1. The lowest BCUT2D eigenvalue weighted by Gasteiger charge is -2.21. The van der Waals surface area contributed by atoms with Crippen LogP contribution in [0.3, 0.4) is 0 Å². The van der Waals surface area contributed by atoms with Crippen LogP contribution in [0, 0.1) is 0 Å². The van der Waals surface area contributed by atoms with E-state index in [4.69, 9.17) is 0 Å². The Morgan fingerprint density at radius 1 is 1.78 bits per heavy atom. The van der Waals surface area contributed by atoms with Crippen molar-refractivity contribution in [1.29, 1.82) is 0 Å². The Morgan fingerprint density at radius 2 is 2.44 bits per heavy atom. The van der Waals surface area contributed by atoms with Gasteiger partial charge in [-0.2, -0.15) is 0 Å². The van der Waals surface area contributed by atoms with Crippen molar-refractivity contribution in [3.63, 3.8) is 0 Å². The van der Waals surface area contributed by atoms with Crippen LogP contribution < -0.4 is 0 Å². The first-order valence-corrected chi connectivity index (χ1v) is 4.01. The van der Waals surface area contributed by atoms with E-state index in [0.717, 1.165) is 5.75 Å². The number of rotatable bonds is 1. The molecule has 0 saturated carbocycles. The van der Waals surface area contributed by atoms with Gasteiger partial charge in [0.1, 0.15) is 0 Å². The average Bonchev–Trinajstić information content (AvgIpc) is 2.08. The number of aliphatic hydroxyl groups is 1. The fraction of sp³-hybridized carbons (Fsp3) is 0.833. The number of hydrogen-bond acceptors (Lipinski definition) is 3. The second kappa shape index (κ2) is 2.31. The molecular weight excluding hydrogens is 134 g/mol. The first-order valence-electron chi connectivity index (χ1n) is 2.96. The molecule has 1 unspecified atom stereocenters. The maximum Gasteiger partial charge on any atom is 0.0881 e. The van der Waals surface area contributed by atoms with Crippen LogP contribution in [0.1, 0.15) is 13.8 Å². The molecular formula is C6H11NOS. The van der Waals surface area contributed by atoms with Crippen LogP contribution in [0.4, 0.5) is 0 Å². The van der Waals surface area contributed by atoms with E-state index in [9.17, 15) is 5.11 Å². The van der Waals surface area contributed by atoms with Crippen molar-refractivity contribution in [1.82, 2.24) is 0 Å². The van der Waals surface area contributed by atoms with Gasteiger partial charge in [-0.1, -0.05) is 0 Å². The van der Waals surface area contributed by atoms with Crippen molar-refractivity contribution in [2.24, 2.45) is 4.99 Å². The summed E-state index contributed by atoms with van der Waals surface area (Å²) in [6, 6.07) is 0.0995.